The van der Waals surface area contributed by atoms with Crippen molar-refractivity contribution in [2.45, 2.75) is 46.6 Å². The third kappa shape index (κ3) is 5.87. The van der Waals surface area contributed by atoms with Crippen molar-refractivity contribution in [2.75, 3.05) is 13.7 Å². The van der Waals surface area contributed by atoms with Crippen molar-refractivity contribution in [3.8, 4) is 0 Å². The number of hydrogen-bond donors (Lipinski definition) is 3. The quantitative estimate of drug-likeness (QED) is 0.624. The predicted octanol–water partition coefficient (Wildman–Crippen LogP) is 1.95. The molecule has 0 bridgehead atoms. The molecule has 0 aliphatic heterocycles. The highest BCUT2D eigenvalue weighted by Crippen LogP contribution is 2.43. The van der Waals surface area contributed by atoms with E-state index in [0.29, 0.717) is 0 Å². The van der Waals surface area contributed by atoms with Crippen LogP contribution in [-0.4, -0.2) is 47.4 Å². The molecule has 2 unspecified atom stereocenters. The summed E-state index contributed by atoms with van der Waals surface area (Å²) in [6, 6.07) is 0. The van der Waals surface area contributed by atoms with Gasteiger partial charge >= 0.3 is 17.9 Å². The maximum atomic E-state index is 12.4. The second-order valence-electron chi connectivity index (χ2n) is 7.01. The molecule has 0 radical (unpaired) electrons. The van der Waals surface area contributed by atoms with Crippen LogP contribution in [0.4, 0.5) is 0 Å². The van der Waals surface area contributed by atoms with Gasteiger partial charge in [-0.05, 0) is 40.2 Å². The standard InChI is InChI=1S/C14H19NO6.C4H10O/c1-13(2,3)21-12(20)14(4)7(10(16)17)5-6-8(15)9(14)11(18)19;1-3-4-5-2/h5-7H,15H2,1-4H3,(H,16,17)(H,18,19);3-4H2,1-2H3. The van der Waals surface area contributed by atoms with Crippen LogP contribution in [0.1, 0.15) is 41.0 Å². The summed E-state index contributed by atoms with van der Waals surface area (Å²) in [6.45, 7) is 9.02. The Hall–Kier alpha value is -2.35. The maximum absolute atomic E-state index is 12.4. The fraction of sp³-hybridized carbons (Fsp3) is 0.611. The average Bonchev–Trinajstić information content (AvgIpc) is 2.46. The molecule has 0 spiro atoms. The van der Waals surface area contributed by atoms with E-state index in [1.54, 1.807) is 27.9 Å². The van der Waals surface area contributed by atoms with Gasteiger partial charge in [-0.25, -0.2) is 4.79 Å². The largest absolute Gasteiger partial charge is 0.481 e. The molecule has 4 N–H and O–H groups in total. The highest BCUT2D eigenvalue weighted by molar-refractivity contribution is 6.01. The van der Waals surface area contributed by atoms with Crippen LogP contribution < -0.4 is 5.73 Å². The van der Waals surface area contributed by atoms with Crippen LogP contribution in [0, 0.1) is 11.3 Å². The van der Waals surface area contributed by atoms with E-state index in [9.17, 15) is 24.6 Å². The molecule has 0 aromatic heterocycles. The molecule has 0 fully saturated rings. The van der Waals surface area contributed by atoms with Crippen LogP contribution in [0.5, 0.6) is 0 Å². The molecule has 0 heterocycles. The van der Waals surface area contributed by atoms with Crippen LogP contribution in [-0.2, 0) is 23.9 Å². The van der Waals surface area contributed by atoms with Gasteiger partial charge in [0.1, 0.15) is 11.0 Å². The molecule has 8 nitrogen and oxygen atoms in total. The SMILES string of the molecule is CC(C)(C)OC(=O)C1(C)C(C(=O)O)=C(N)C=CC1C(=O)O.CCCOC. The molecule has 0 amide bonds. The van der Waals surface area contributed by atoms with Gasteiger partial charge in [0.05, 0.1) is 11.5 Å². The molecule has 26 heavy (non-hydrogen) atoms. The van der Waals surface area contributed by atoms with Crippen LogP contribution in [0.3, 0.4) is 0 Å². The second kappa shape index (κ2) is 9.38. The van der Waals surface area contributed by atoms with E-state index < -0.39 is 40.4 Å². The summed E-state index contributed by atoms with van der Waals surface area (Å²) in [4.78, 5) is 35.3. The third-order valence-electron chi connectivity index (χ3n) is 3.61. The van der Waals surface area contributed by atoms with Gasteiger partial charge in [-0.15, -0.1) is 0 Å². The van der Waals surface area contributed by atoms with Gasteiger partial charge in [0.2, 0.25) is 0 Å². The zero-order valence-electron chi connectivity index (χ0n) is 16.2. The summed E-state index contributed by atoms with van der Waals surface area (Å²) < 4.78 is 9.89. The van der Waals surface area contributed by atoms with E-state index in [-0.39, 0.29) is 5.70 Å². The zero-order valence-corrected chi connectivity index (χ0v) is 16.2. The summed E-state index contributed by atoms with van der Waals surface area (Å²) in [5.74, 6) is -5.08. The number of carbonyl (C=O) groups is 3. The van der Waals surface area contributed by atoms with Crippen LogP contribution in [0.2, 0.25) is 0 Å². The second-order valence-corrected chi connectivity index (χ2v) is 7.01. The van der Waals surface area contributed by atoms with Crippen LogP contribution in [0.25, 0.3) is 0 Å². The lowest BCUT2D eigenvalue weighted by Gasteiger charge is -2.37. The molecule has 1 aliphatic carbocycles. The van der Waals surface area contributed by atoms with Gasteiger partial charge in [0.25, 0.3) is 0 Å². The Morgan fingerprint density at radius 2 is 1.81 bits per heavy atom. The Bertz CT molecular complexity index is 599. The molecule has 1 aliphatic rings. The number of rotatable bonds is 5. The number of carboxylic acids is 2. The summed E-state index contributed by atoms with van der Waals surface area (Å²) in [5, 5.41) is 18.6. The molecule has 0 saturated heterocycles. The fourth-order valence-corrected chi connectivity index (χ4v) is 2.42. The van der Waals surface area contributed by atoms with E-state index in [1.807, 2.05) is 0 Å². The summed E-state index contributed by atoms with van der Waals surface area (Å²) in [6.07, 6.45) is 3.51. The Balaban J connectivity index is 0.00000110. The Morgan fingerprint density at radius 3 is 2.12 bits per heavy atom. The Labute approximate surface area is 153 Å². The van der Waals surface area contributed by atoms with E-state index in [0.717, 1.165) is 13.0 Å². The predicted molar refractivity (Wildman–Crippen MR) is 95.2 cm³/mol. The molecular weight excluding hydrogens is 342 g/mol. The number of methoxy groups -OCH3 is 1. The van der Waals surface area contributed by atoms with Crippen LogP contribution in [0.15, 0.2) is 23.4 Å². The smallest absolute Gasteiger partial charge is 0.334 e. The lowest BCUT2D eigenvalue weighted by molar-refractivity contribution is -0.172. The van der Waals surface area contributed by atoms with E-state index in [1.165, 1.54) is 19.1 Å². The minimum Gasteiger partial charge on any atom is -0.481 e. The van der Waals surface area contributed by atoms with Crippen molar-refractivity contribution < 1.29 is 34.1 Å². The molecule has 0 saturated carbocycles. The summed E-state index contributed by atoms with van der Waals surface area (Å²) >= 11 is 0. The Kier molecular flexibility index (Phi) is 8.53. The Morgan fingerprint density at radius 1 is 1.27 bits per heavy atom. The normalized spacial score (nSPS) is 22.3. The number of allylic oxidation sites excluding steroid dienone is 1. The number of carbonyl (C=O) groups excluding carboxylic acids is 1. The molecule has 1 rings (SSSR count). The van der Waals surface area contributed by atoms with E-state index >= 15 is 0 Å². The van der Waals surface area contributed by atoms with Gasteiger partial charge in [0, 0.05) is 19.4 Å². The number of nitrogens with two attached hydrogens (primary N) is 1. The number of esters is 1. The first-order valence-corrected chi connectivity index (χ1v) is 8.19. The lowest BCUT2D eigenvalue weighted by Crippen LogP contribution is -2.48. The lowest BCUT2D eigenvalue weighted by atomic mass is 9.67. The van der Waals surface area contributed by atoms with Gasteiger partial charge in [-0.3, -0.25) is 9.59 Å². The monoisotopic (exact) mass is 371 g/mol. The number of ether oxygens (including phenoxy) is 2. The minimum atomic E-state index is -1.90. The highest BCUT2D eigenvalue weighted by atomic mass is 16.6. The van der Waals surface area contributed by atoms with Gasteiger partial charge in [-0.2, -0.15) is 0 Å². The first-order valence-electron chi connectivity index (χ1n) is 8.19. The highest BCUT2D eigenvalue weighted by Gasteiger charge is 2.54. The van der Waals surface area contributed by atoms with Gasteiger partial charge in [-0.1, -0.05) is 13.0 Å². The molecule has 148 valence electrons. The first-order chi connectivity index (χ1) is 11.8. The molecular formula is C18H29NO7. The topological polar surface area (TPSA) is 136 Å². The van der Waals surface area contributed by atoms with Crippen molar-refractivity contribution in [2.24, 2.45) is 17.1 Å². The average molecular weight is 371 g/mol. The third-order valence-corrected chi connectivity index (χ3v) is 3.61. The fourth-order valence-electron chi connectivity index (χ4n) is 2.42. The summed E-state index contributed by atoms with van der Waals surface area (Å²) in [5.41, 5.74) is 2.22. The van der Waals surface area contributed by atoms with Gasteiger partial charge in [0.15, 0.2) is 0 Å². The number of aliphatic carboxylic acids is 2. The van der Waals surface area contributed by atoms with E-state index in [4.69, 9.17) is 15.2 Å². The summed E-state index contributed by atoms with van der Waals surface area (Å²) in [7, 11) is 1.71. The molecule has 0 aromatic rings. The van der Waals surface area contributed by atoms with E-state index in [2.05, 4.69) is 6.92 Å². The van der Waals surface area contributed by atoms with Crippen molar-refractivity contribution >= 4 is 17.9 Å². The van der Waals surface area contributed by atoms with Crippen molar-refractivity contribution in [1.82, 2.24) is 0 Å². The van der Waals surface area contributed by atoms with Crippen LogP contribution >= 0.6 is 0 Å². The van der Waals surface area contributed by atoms with Crippen molar-refractivity contribution in [1.29, 1.82) is 0 Å². The van der Waals surface area contributed by atoms with Crippen molar-refractivity contribution in [3.63, 3.8) is 0 Å². The molecule has 0 aromatic carbocycles. The number of hydrogen-bond acceptors (Lipinski definition) is 6. The first kappa shape index (κ1) is 23.6. The number of carboxylic acid groups (broad SMARTS) is 2. The zero-order chi connectivity index (χ0) is 20.7. The van der Waals surface area contributed by atoms with Gasteiger partial charge < -0.3 is 25.4 Å². The van der Waals surface area contributed by atoms with Crippen molar-refractivity contribution in [3.05, 3.63) is 23.4 Å². The molecule has 2 atom stereocenters. The molecule has 8 heteroatoms. The minimum absolute atomic E-state index is 0.159. The maximum Gasteiger partial charge on any atom is 0.334 e.